The van der Waals surface area contributed by atoms with Gasteiger partial charge in [-0.1, -0.05) is 38.1 Å². The van der Waals surface area contributed by atoms with E-state index >= 15 is 0 Å². The van der Waals surface area contributed by atoms with Gasteiger partial charge < -0.3 is 10.2 Å². The Morgan fingerprint density at radius 1 is 1.21 bits per heavy atom. The van der Waals surface area contributed by atoms with Gasteiger partial charge in [0.05, 0.1) is 6.04 Å². The molecule has 1 aliphatic carbocycles. The summed E-state index contributed by atoms with van der Waals surface area (Å²) in [5.74, 6) is 2.50. The van der Waals surface area contributed by atoms with Crippen LogP contribution in [0.25, 0.3) is 0 Å². The van der Waals surface area contributed by atoms with Crippen LogP contribution in [-0.4, -0.2) is 22.6 Å². The predicted molar refractivity (Wildman–Crippen MR) is 98.7 cm³/mol. The zero-order chi connectivity index (χ0) is 16.7. The topological polar surface area (TPSA) is 41.1 Å². The predicted octanol–water partition coefficient (Wildman–Crippen LogP) is 4.30. The Labute approximate surface area is 144 Å². The molecule has 0 saturated carbocycles. The average molecular weight is 322 g/mol. The molecule has 4 nitrogen and oxygen atoms in total. The first kappa shape index (κ1) is 15.4. The lowest BCUT2D eigenvalue weighted by Crippen LogP contribution is -2.28. The number of nitrogens with one attached hydrogen (secondary N) is 1. The maximum atomic E-state index is 4.85. The number of nitrogens with zero attached hydrogens (tertiary/aromatic N) is 3. The molecule has 1 aromatic carbocycles. The lowest BCUT2D eigenvalue weighted by molar-refractivity contribution is 0.719. The van der Waals surface area contributed by atoms with Gasteiger partial charge in [-0.05, 0) is 37.3 Å². The minimum Gasteiger partial charge on any atom is -0.352 e. The molecule has 1 N–H and O–H groups in total. The second kappa shape index (κ2) is 6.08. The van der Waals surface area contributed by atoms with Crippen molar-refractivity contribution in [2.75, 3.05) is 16.8 Å². The summed E-state index contributed by atoms with van der Waals surface area (Å²) in [5, 5.41) is 3.44. The Morgan fingerprint density at radius 3 is 2.75 bits per heavy atom. The number of anilines is 2. The third-order valence-corrected chi connectivity index (χ3v) is 5.51. The number of benzene rings is 1. The SMILES string of the molecule is CCc1cc(N2C[C@H]3C[C@H]2c2ccccc23)nc(N[C@H](C)CC)n1. The van der Waals surface area contributed by atoms with E-state index in [2.05, 4.69) is 66.3 Å². The van der Waals surface area contributed by atoms with Crippen LogP contribution in [0, 0.1) is 0 Å². The molecule has 0 spiro atoms. The van der Waals surface area contributed by atoms with Gasteiger partial charge >= 0.3 is 0 Å². The van der Waals surface area contributed by atoms with Crippen molar-refractivity contribution in [2.45, 2.75) is 58.0 Å². The fourth-order valence-electron chi connectivity index (χ4n) is 3.99. The van der Waals surface area contributed by atoms with Crippen molar-refractivity contribution < 1.29 is 0 Å². The lowest BCUT2D eigenvalue weighted by atomic mass is 9.99. The molecule has 1 fully saturated rings. The highest BCUT2D eigenvalue weighted by molar-refractivity contribution is 5.55. The van der Waals surface area contributed by atoms with Crippen molar-refractivity contribution in [3.05, 3.63) is 47.2 Å². The lowest BCUT2D eigenvalue weighted by Gasteiger charge is -2.30. The van der Waals surface area contributed by atoms with Gasteiger partial charge in [0.15, 0.2) is 0 Å². The largest absolute Gasteiger partial charge is 0.352 e. The second-order valence-electron chi connectivity index (χ2n) is 7.08. The molecule has 2 bridgehead atoms. The molecule has 24 heavy (non-hydrogen) atoms. The molecular weight excluding hydrogens is 296 g/mol. The summed E-state index contributed by atoms with van der Waals surface area (Å²) < 4.78 is 0. The van der Waals surface area contributed by atoms with Crippen molar-refractivity contribution in [1.82, 2.24) is 9.97 Å². The average Bonchev–Trinajstić information content (AvgIpc) is 3.21. The smallest absolute Gasteiger partial charge is 0.225 e. The van der Waals surface area contributed by atoms with Gasteiger partial charge in [-0.3, -0.25) is 0 Å². The van der Waals surface area contributed by atoms with Crippen molar-refractivity contribution in [3.8, 4) is 0 Å². The van der Waals surface area contributed by atoms with Gasteiger partial charge in [-0.25, -0.2) is 4.98 Å². The number of aryl methyl sites for hydroxylation is 1. The van der Waals surface area contributed by atoms with E-state index in [9.17, 15) is 0 Å². The molecule has 1 aliphatic heterocycles. The van der Waals surface area contributed by atoms with E-state index in [0.29, 0.717) is 18.0 Å². The van der Waals surface area contributed by atoms with Crippen LogP contribution in [0.15, 0.2) is 30.3 Å². The molecule has 3 atom stereocenters. The molecule has 0 radical (unpaired) electrons. The summed E-state index contributed by atoms with van der Waals surface area (Å²) in [6.07, 6.45) is 3.22. The third-order valence-electron chi connectivity index (χ3n) is 5.51. The van der Waals surface area contributed by atoms with Gasteiger partial charge in [-0.2, -0.15) is 4.98 Å². The summed E-state index contributed by atoms with van der Waals surface area (Å²) >= 11 is 0. The molecule has 1 aromatic heterocycles. The fraction of sp³-hybridized carbons (Fsp3) is 0.500. The Bertz CT molecular complexity index is 742. The molecular formula is C20H26N4. The van der Waals surface area contributed by atoms with E-state index in [-0.39, 0.29) is 0 Å². The zero-order valence-corrected chi connectivity index (χ0v) is 14.8. The van der Waals surface area contributed by atoms with E-state index in [4.69, 9.17) is 4.98 Å². The quantitative estimate of drug-likeness (QED) is 0.891. The van der Waals surface area contributed by atoms with Crippen molar-refractivity contribution >= 4 is 11.8 Å². The van der Waals surface area contributed by atoms with Crippen LogP contribution in [0.5, 0.6) is 0 Å². The highest BCUT2D eigenvalue weighted by Crippen LogP contribution is 2.51. The maximum Gasteiger partial charge on any atom is 0.225 e. The van der Waals surface area contributed by atoms with Crippen molar-refractivity contribution in [3.63, 3.8) is 0 Å². The monoisotopic (exact) mass is 322 g/mol. The first-order chi connectivity index (χ1) is 11.7. The molecule has 1 saturated heterocycles. The molecule has 0 unspecified atom stereocenters. The Kier molecular flexibility index (Phi) is 3.91. The summed E-state index contributed by atoms with van der Waals surface area (Å²) in [6.45, 7) is 7.59. The van der Waals surface area contributed by atoms with Crippen molar-refractivity contribution in [1.29, 1.82) is 0 Å². The summed E-state index contributed by atoms with van der Waals surface area (Å²) in [7, 11) is 0. The van der Waals surface area contributed by atoms with Crippen LogP contribution in [0.2, 0.25) is 0 Å². The maximum absolute atomic E-state index is 4.85. The van der Waals surface area contributed by atoms with Gasteiger partial charge in [-0.15, -0.1) is 0 Å². The van der Waals surface area contributed by atoms with Crippen LogP contribution in [0.3, 0.4) is 0 Å². The molecule has 2 heterocycles. The van der Waals surface area contributed by atoms with E-state index in [1.165, 1.54) is 12.0 Å². The first-order valence-corrected chi connectivity index (χ1v) is 9.19. The van der Waals surface area contributed by atoms with Gasteiger partial charge in [0.25, 0.3) is 0 Å². The standard InChI is InChI=1S/C20H26N4/c1-4-13(3)21-20-22-15(5-2)11-19(23-20)24-12-14-10-18(24)17-9-7-6-8-16(14)17/h6-9,11,13-14,18H,4-5,10,12H2,1-3H3,(H,21,22,23)/t13-,14-,18+/m1/s1. The molecule has 4 heteroatoms. The van der Waals surface area contributed by atoms with Crippen molar-refractivity contribution in [2.24, 2.45) is 0 Å². The first-order valence-electron chi connectivity index (χ1n) is 9.19. The van der Waals surface area contributed by atoms with Crippen LogP contribution in [-0.2, 0) is 6.42 Å². The number of aromatic nitrogens is 2. The minimum absolute atomic E-state index is 0.390. The second-order valence-corrected chi connectivity index (χ2v) is 7.08. The fourth-order valence-corrected chi connectivity index (χ4v) is 3.99. The highest BCUT2D eigenvalue weighted by Gasteiger charge is 2.42. The van der Waals surface area contributed by atoms with Gasteiger partial charge in [0.1, 0.15) is 5.82 Å². The van der Waals surface area contributed by atoms with Crippen LogP contribution in [0.4, 0.5) is 11.8 Å². The number of hydrogen-bond donors (Lipinski definition) is 1. The van der Waals surface area contributed by atoms with E-state index in [1.54, 1.807) is 5.56 Å². The van der Waals surface area contributed by atoms with Crippen LogP contribution >= 0.6 is 0 Å². The molecule has 2 aromatic rings. The normalized spacial score (nSPS) is 22.5. The summed E-state index contributed by atoms with van der Waals surface area (Å²) in [4.78, 5) is 12.0. The minimum atomic E-state index is 0.390. The van der Waals surface area contributed by atoms with Crippen LogP contribution < -0.4 is 10.2 Å². The number of fused-ring (bicyclic) bond motifs is 5. The van der Waals surface area contributed by atoms with E-state index in [1.807, 2.05) is 0 Å². The van der Waals surface area contributed by atoms with Gasteiger partial charge in [0, 0.05) is 30.3 Å². The number of hydrogen-bond acceptors (Lipinski definition) is 4. The Hall–Kier alpha value is -2.10. The zero-order valence-electron chi connectivity index (χ0n) is 14.8. The van der Waals surface area contributed by atoms with E-state index in [0.717, 1.165) is 36.8 Å². The third kappa shape index (κ3) is 2.54. The highest BCUT2D eigenvalue weighted by atomic mass is 15.3. The van der Waals surface area contributed by atoms with Crippen LogP contribution in [0.1, 0.15) is 62.4 Å². The molecule has 126 valence electrons. The Morgan fingerprint density at radius 2 is 2.00 bits per heavy atom. The van der Waals surface area contributed by atoms with E-state index < -0.39 is 0 Å². The summed E-state index contributed by atoms with van der Waals surface area (Å²) in [6, 6.07) is 11.9. The number of rotatable bonds is 5. The Balaban J connectivity index is 1.67. The molecule has 2 aliphatic rings. The molecule has 4 rings (SSSR count). The molecule has 0 amide bonds. The summed E-state index contributed by atoms with van der Waals surface area (Å²) in [5.41, 5.74) is 4.14. The van der Waals surface area contributed by atoms with Gasteiger partial charge in [0.2, 0.25) is 5.95 Å².